The van der Waals surface area contributed by atoms with Gasteiger partial charge in [-0.15, -0.1) is 0 Å². The monoisotopic (exact) mass is 291 g/mol. The van der Waals surface area contributed by atoms with Crippen LogP contribution in [0.15, 0.2) is 29.4 Å². The summed E-state index contributed by atoms with van der Waals surface area (Å²) in [5, 5.41) is 14.5. The molecule has 0 aliphatic rings. The van der Waals surface area contributed by atoms with Crippen molar-refractivity contribution in [2.45, 2.75) is 40.0 Å². The highest BCUT2D eigenvalue weighted by atomic mass is 16.4. The summed E-state index contributed by atoms with van der Waals surface area (Å²) < 4.78 is 0. The number of unbranched alkanes of at least 4 members (excludes halogenated alkanes) is 1. The lowest BCUT2D eigenvalue weighted by molar-refractivity contribution is -0.119. The highest BCUT2D eigenvalue weighted by Crippen LogP contribution is 2.16. The number of carbonyl (C=O) groups excluding carboxylic acids is 1. The summed E-state index contributed by atoms with van der Waals surface area (Å²) in [6, 6.07) is 7.79. The largest absolute Gasteiger partial charge is 0.409 e. The van der Waals surface area contributed by atoms with Gasteiger partial charge in [-0.3, -0.25) is 4.79 Å². The molecule has 1 rings (SSSR count). The van der Waals surface area contributed by atoms with E-state index in [1.165, 1.54) is 5.56 Å². The zero-order valence-corrected chi connectivity index (χ0v) is 13.0. The van der Waals surface area contributed by atoms with Crippen molar-refractivity contribution in [1.29, 1.82) is 0 Å². The summed E-state index contributed by atoms with van der Waals surface area (Å²) in [7, 11) is 0. The first-order chi connectivity index (χ1) is 9.99. The SMILES string of the molecule is CCCCc1ccc(NC(=O)C(C(N)=NO)C(C)C)cc1. The van der Waals surface area contributed by atoms with Crippen molar-refractivity contribution in [3.05, 3.63) is 29.8 Å². The number of nitrogens with zero attached hydrogens (tertiary/aromatic N) is 1. The fourth-order valence-corrected chi connectivity index (χ4v) is 2.20. The Bertz CT molecular complexity index is 481. The molecule has 1 aromatic rings. The molecule has 0 spiro atoms. The molecule has 0 radical (unpaired) electrons. The van der Waals surface area contributed by atoms with Gasteiger partial charge in [0.15, 0.2) is 5.84 Å². The van der Waals surface area contributed by atoms with Crippen molar-refractivity contribution >= 4 is 17.4 Å². The Morgan fingerprint density at radius 1 is 1.33 bits per heavy atom. The molecule has 21 heavy (non-hydrogen) atoms. The zero-order valence-electron chi connectivity index (χ0n) is 13.0. The summed E-state index contributed by atoms with van der Waals surface area (Å²) in [5.41, 5.74) is 7.57. The second kappa shape index (κ2) is 8.29. The Balaban J connectivity index is 2.73. The number of carbonyl (C=O) groups is 1. The summed E-state index contributed by atoms with van der Waals surface area (Å²) in [6.45, 7) is 5.88. The summed E-state index contributed by atoms with van der Waals surface area (Å²) in [6.07, 6.45) is 3.36. The predicted octanol–water partition coefficient (Wildman–Crippen LogP) is 2.99. The molecule has 1 atom stereocenters. The maximum absolute atomic E-state index is 12.2. The molecular weight excluding hydrogens is 266 g/mol. The van der Waals surface area contributed by atoms with Gasteiger partial charge < -0.3 is 16.3 Å². The second-order valence-electron chi connectivity index (χ2n) is 5.54. The summed E-state index contributed by atoms with van der Waals surface area (Å²) in [5.74, 6) is -1.02. The normalized spacial score (nSPS) is 13.2. The van der Waals surface area contributed by atoms with Gasteiger partial charge in [-0.1, -0.05) is 44.5 Å². The predicted molar refractivity (Wildman–Crippen MR) is 85.4 cm³/mol. The molecule has 5 nitrogen and oxygen atoms in total. The van der Waals surface area contributed by atoms with Crippen molar-refractivity contribution in [2.24, 2.45) is 22.7 Å². The lowest BCUT2D eigenvalue weighted by Gasteiger charge is -2.18. The highest BCUT2D eigenvalue weighted by molar-refractivity contribution is 6.07. The van der Waals surface area contributed by atoms with Crippen LogP contribution < -0.4 is 11.1 Å². The van der Waals surface area contributed by atoms with E-state index in [0.29, 0.717) is 0 Å². The molecule has 1 amide bonds. The first-order valence-corrected chi connectivity index (χ1v) is 7.36. The molecule has 1 unspecified atom stereocenters. The number of oxime groups is 1. The minimum absolute atomic E-state index is 0.0512. The van der Waals surface area contributed by atoms with Crippen LogP contribution in [0.25, 0.3) is 0 Å². The van der Waals surface area contributed by atoms with E-state index in [1.807, 2.05) is 38.1 Å². The lowest BCUT2D eigenvalue weighted by atomic mass is 9.93. The van der Waals surface area contributed by atoms with Gasteiger partial charge in [0.1, 0.15) is 5.92 Å². The van der Waals surface area contributed by atoms with Crippen LogP contribution in [0.4, 0.5) is 5.69 Å². The van der Waals surface area contributed by atoms with Crippen LogP contribution >= 0.6 is 0 Å². The van der Waals surface area contributed by atoms with Gasteiger partial charge in [0, 0.05) is 5.69 Å². The van der Waals surface area contributed by atoms with Gasteiger partial charge in [-0.05, 0) is 36.5 Å². The van der Waals surface area contributed by atoms with Gasteiger partial charge in [0.25, 0.3) is 0 Å². The van der Waals surface area contributed by atoms with Gasteiger partial charge in [-0.2, -0.15) is 0 Å². The molecule has 5 heteroatoms. The third kappa shape index (κ3) is 5.10. The standard InChI is InChI=1S/C16H25N3O2/c1-4-5-6-12-7-9-13(10-8-12)18-16(20)14(11(2)3)15(17)19-21/h7-11,14,21H,4-6H2,1-3H3,(H2,17,19)(H,18,20). The van der Waals surface area contributed by atoms with Crippen LogP contribution in [0.2, 0.25) is 0 Å². The molecule has 0 aliphatic carbocycles. The first-order valence-electron chi connectivity index (χ1n) is 7.36. The number of anilines is 1. The number of rotatable bonds is 7. The summed E-state index contributed by atoms with van der Waals surface area (Å²) in [4.78, 5) is 12.2. The molecule has 0 saturated heterocycles. The van der Waals surface area contributed by atoms with Crippen molar-refractivity contribution in [1.82, 2.24) is 0 Å². The van der Waals surface area contributed by atoms with Crippen LogP contribution in [0.3, 0.4) is 0 Å². The fraction of sp³-hybridized carbons (Fsp3) is 0.500. The molecule has 116 valence electrons. The quantitative estimate of drug-likeness (QED) is 0.312. The van der Waals surface area contributed by atoms with Gasteiger partial charge >= 0.3 is 0 Å². The van der Waals surface area contributed by atoms with Crippen LogP contribution in [0.1, 0.15) is 39.2 Å². The first kappa shape index (κ1) is 17.0. The maximum atomic E-state index is 12.2. The molecule has 1 aromatic carbocycles. The third-order valence-electron chi connectivity index (χ3n) is 3.42. The topological polar surface area (TPSA) is 87.7 Å². The molecule has 0 aromatic heterocycles. The number of hydrogen-bond donors (Lipinski definition) is 3. The van der Waals surface area contributed by atoms with Crippen molar-refractivity contribution in [3.8, 4) is 0 Å². The van der Waals surface area contributed by atoms with E-state index in [9.17, 15) is 4.79 Å². The number of amidine groups is 1. The van der Waals surface area contributed by atoms with E-state index >= 15 is 0 Å². The number of aryl methyl sites for hydroxylation is 1. The van der Waals surface area contributed by atoms with Crippen molar-refractivity contribution < 1.29 is 10.0 Å². The molecule has 0 bridgehead atoms. The Hall–Kier alpha value is -2.04. The second-order valence-corrected chi connectivity index (χ2v) is 5.54. The van der Waals surface area contributed by atoms with E-state index < -0.39 is 5.92 Å². The number of hydrogen-bond acceptors (Lipinski definition) is 3. The number of benzene rings is 1. The Morgan fingerprint density at radius 3 is 2.43 bits per heavy atom. The Labute approximate surface area is 126 Å². The Kier molecular flexibility index (Phi) is 6.72. The van der Waals surface area contributed by atoms with Crippen molar-refractivity contribution in [3.63, 3.8) is 0 Å². The average molecular weight is 291 g/mol. The zero-order chi connectivity index (χ0) is 15.8. The number of nitrogens with two attached hydrogens (primary N) is 1. The molecule has 4 N–H and O–H groups in total. The average Bonchev–Trinajstić information content (AvgIpc) is 2.46. The van der Waals surface area contributed by atoms with Crippen molar-refractivity contribution in [2.75, 3.05) is 5.32 Å². The van der Waals surface area contributed by atoms with Crippen LogP contribution in [0.5, 0.6) is 0 Å². The van der Waals surface area contributed by atoms with E-state index in [1.54, 1.807) is 0 Å². The number of nitrogens with one attached hydrogen (secondary N) is 1. The van der Waals surface area contributed by atoms with Gasteiger partial charge in [0.05, 0.1) is 0 Å². The summed E-state index contributed by atoms with van der Waals surface area (Å²) >= 11 is 0. The third-order valence-corrected chi connectivity index (χ3v) is 3.42. The van der Waals surface area contributed by atoms with E-state index in [4.69, 9.17) is 10.9 Å². The van der Waals surface area contributed by atoms with E-state index in [0.717, 1.165) is 24.9 Å². The maximum Gasteiger partial charge on any atom is 0.235 e. The molecule has 0 saturated carbocycles. The van der Waals surface area contributed by atoms with Crippen LogP contribution in [0, 0.1) is 11.8 Å². The van der Waals surface area contributed by atoms with E-state index in [-0.39, 0.29) is 17.7 Å². The lowest BCUT2D eigenvalue weighted by Crippen LogP contribution is -2.38. The fourth-order valence-electron chi connectivity index (χ4n) is 2.20. The van der Waals surface area contributed by atoms with Gasteiger partial charge in [-0.25, -0.2) is 0 Å². The minimum Gasteiger partial charge on any atom is -0.409 e. The molecule has 0 aliphatic heterocycles. The van der Waals surface area contributed by atoms with Gasteiger partial charge in [0.2, 0.25) is 5.91 Å². The number of amides is 1. The van der Waals surface area contributed by atoms with Crippen LogP contribution in [-0.2, 0) is 11.2 Å². The molecule has 0 heterocycles. The molecular formula is C16H25N3O2. The highest BCUT2D eigenvalue weighted by Gasteiger charge is 2.26. The van der Waals surface area contributed by atoms with E-state index in [2.05, 4.69) is 17.4 Å². The Morgan fingerprint density at radius 2 is 1.95 bits per heavy atom. The van der Waals surface area contributed by atoms with Crippen LogP contribution in [-0.4, -0.2) is 17.0 Å². The molecule has 0 fully saturated rings. The smallest absolute Gasteiger partial charge is 0.235 e. The minimum atomic E-state index is -0.644.